The first-order chi connectivity index (χ1) is 10.1. The van der Waals surface area contributed by atoms with Gasteiger partial charge in [0.15, 0.2) is 0 Å². The summed E-state index contributed by atoms with van der Waals surface area (Å²) in [5, 5.41) is 15.5. The molecule has 0 atom stereocenters. The average molecular weight is 287 g/mol. The number of rotatable bonds is 7. The van der Waals surface area contributed by atoms with Gasteiger partial charge in [0.2, 0.25) is 5.91 Å². The Bertz CT molecular complexity index is 608. The lowest BCUT2D eigenvalue weighted by Crippen LogP contribution is -2.26. The van der Waals surface area contributed by atoms with Crippen molar-refractivity contribution in [3.05, 3.63) is 53.9 Å². The summed E-state index contributed by atoms with van der Waals surface area (Å²) in [6.45, 7) is 0.951. The number of carbonyl (C=O) groups excluding carboxylic acids is 1. The normalized spacial score (nSPS) is 10.3. The van der Waals surface area contributed by atoms with Gasteiger partial charge in [0.05, 0.1) is 11.8 Å². The largest absolute Gasteiger partial charge is 0.478 e. The van der Waals surface area contributed by atoms with Crippen LogP contribution in [0, 0.1) is 0 Å². The van der Waals surface area contributed by atoms with Crippen LogP contribution in [0.3, 0.4) is 0 Å². The summed E-state index contributed by atoms with van der Waals surface area (Å²) in [4.78, 5) is 22.4. The number of carbonyl (C=O) groups is 2. The van der Waals surface area contributed by atoms with Gasteiger partial charge in [-0.3, -0.25) is 9.48 Å². The van der Waals surface area contributed by atoms with Crippen LogP contribution >= 0.6 is 0 Å². The predicted octanol–water partition coefficient (Wildman–Crippen LogP) is 1.33. The summed E-state index contributed by atoms with van der Waals surface area (Å²) < 4.78 is 1.46. The molecule has 0 bridgehead atoms. The molecular weight excluding hydrogens is 270 g/mol. The maximum atomic E-state index is 11.7. The van der Waals surface area contributed by atoms with Crippen molar-refractivity contribution >= 4 is 11.9 Å². The van der Waals surface area contributed by atoms with Gasteiger partial charge in [0, 0.05) is 25.7 Å². The summed E-state index contributed by atoms with van der Waals surface area (Å²) >= 11 is 0. The van der Waals surface area contributed by atoms with Crippen LogP contribution in [0.4, 0.5) is 0 Å². The zero-order valence-electron chi connectivity index (χ0n) is 11.5. The molecule has 0 spiro atoms. The Morgan fingerprint density at radius 2 is 2.00 bits per heavy atom. The molecule has 2 aromatic rings. The van der Waals surface area contributed by atoms with E-state index in [0.717, 1.165) is 6.42 Å². The van der Waals surface area contributed by atoms with Gasteiger partial charge < -0.3 is 10.4 Å². The second-order valence-corrected chi connectivity index (χ2v) is 4.63. The number of amides is 1. The molecule has 0 fully saturated rings. The third kappa shape index (κ3) is 4.76. The fraction of sp³-hybridized carbons (Fsp3) is 0.267. The fourth-order valence-corrected chi connectivity index (χ4v) is 1.89. The Morgan fingerprint density at radius 1 is 1.24 bits per heavy atom. The summed E-state index contributed by atoms with van der Waals surface area (Å²) in [6.07, 6.45) is 3.75. The number of nitrogens with one attached hydrogen (secondary N) is 1. The molecule has 2 rings (SSSR count). The number of aromatic carboxylic acids is 1. The third-order valence-corrected chi connectivity index (χ3v) is 3.03. The van der Waals surface area contributed by atoms with Gasteiger partial charge in [-0.2, -0.15) is 5.10 Å². The molecule has 110 valence electrons. The van der Waals surface area contributed by atoms with E-state index in [1.807, 2.05) is 30.3 Å². The number of benzene rings is 1. The lowest BCUT2D eigenvalue weighted by Gasteiger charge is -2.05. The number of nitrogens with zero attached hydrogens (tertiary/aromatic N) is 2. The van der Waals surface area contributed by atoms with Crippen LogP contribution in [0.1, 0.15) is 22.3 Å². The second-order valence-electron chi connectivity index (χ2n) is 4.63. The van der Waals surface area contributed by atoms with Crippen molar-refractivity contribution in [2.45, 2.75) is 19.4 Å². The van der Waals surface area contributed by atoms with Crippen LogP contribution in [0.25, 0.3) is 0 Å². The Morgan fingerprint density at radius 3 is 2.67 bits per heavy atom. The quantitative estimate of drug-likeness (QED) is 0.804. The third-order valence-electron chi connectivity index (χ3n) is 3.03. The van der Waals surface area contributed by atoms with Crippen LogP contribution in [0.15, 0.2) is 42.7 Å². The van der Waals surface area contributed by atoms with Gasteiger partial charge in [0.1, 0.15) is 0 Å². The molecule has 0 aliphatic rings. The molecule has 1 aromatic heterocycles. The van der Waals surface area contributed by atoms with E-state index >= 15 is 0 Å². The predicted molar refractivity (Wildman–Crippen MR) is 77.0 cm³/mol. The Labute approximate surface area is 122 Å². The van der Waals surface area contributed by atoms with Crippen molar-refractivity contribution in [2.75, 3.05) is 6.54 Å². The fourth-order valence-electron chi connectivity index (χ4n) is 1.89. The first-order valence-electron chi connectivity index (χ1n) is 6.71. The Balaban J connectivity index is 1.68. The molecule has 1 aromatic carbocycles. The van der Waals surface area contributed by atoms with E-state index in [9.17, 15) is 9.59 Å². The second kappa shape index (κ2) is 7.23. The molecule has 0 saturated carbocycles. The van der Waals surface area contributed by atoms with Crippen LogP contribution in [0.5, 0.6) is 0 Å². The topological polar surface area (TPSA) is 84.2 Å². The molecule has 0 radical (unpaired) electrons. The van der Waals surface area contributed by atoms with Crippen molar-refractivity contribution in [3.8, 4) is 0 Å². The van der Waals surface area contributed by atoms with Crippen molar-refractivity contribution in [3.63, 3.8) is 0 Å². The van der Waals surface area contributed by atoms with Crippen molar-refractivity contribution in [1.82, 2.24) is 15.1 Å². The van der Waals surface area contributed by atoms with E-state index in [0.29, 0.717) is 13.1 Å². The number of carboxylic acids is 1. The number of hydrogen-bond acceptors (Lipinski definition) is 3. The van der Waals surface area contributed by atoms with Gasteiger partial charge in [-0.05, 0) is 12.0 Å². The molecule has 21 heavy (non-hydrogen) atoms. The average Bonchev–Trinajstić information content (AvgIpc) is 2.95. The monoisotopic (exact) mass is 287 g/mol. The summed E-state index contributed by atoms with van der Waals surface area (Å²) in [7, 11) is 0. The maximum absolute atomic E-state index is 11.7. The van der Waals surface area contributed by atoms with Gasteiger partial charge in [0.25, 0.3) is 0 Å². The minimum absolute atomic E-state index is 0.0710. The lowest BCUT2D eigenvalue weighted by atomic mass is 10.1. The first-order valence-corrected chi connectivity index (χ1v) is 6.71. The number of hydrogen-bond donors (Lipinski definition) is 2. The van der Waals surface area contributed by atoms with Gasteiger partial charge >= 0.3 is 5.97 Å². The molecule has 1 amide bonds. The van der Waals surface area contributed by atoms with Crippen molar-refractivity contribution < 1.29 is 14.7 Å². The highest BCUT2D eigenvalue weighted by Crippen LogP contribution is 2.00. The number of carboxylic acid groups (broad SMARTS) is 1. The molecular formula is C15H17N3O3. The van der Waals surface area contributed by atoms with Gasteiger partial charge in [-0.15, -0.1) is 0 Å². The van der Waals surface area contributed by atoms with Crippen molar-refractivity contribution in [1.29, 1.82) is 0 Å². The SMILES string of the molecule is O=C(CCn1cc(C(=O)O)cn1)NCCc1ccccc1. The smallest absolute Gasteiger partial charge is 0.338 e. The maximum Gasteiger partial charge on any atom is 0.338 e. The molecule has 1 heterocycles. The Kier molecular flexibility index (Phi) is 5.09. The molecule has 0 aliphatic carbocycles. The Hall–Kier alpha value is -2.63. The van der Waals surface area contributed by atoms with Gasteiger partial charge in [-0.1, -0.05) is 30.3 Å². The minimum atomic E-state index is -1.02. The van der Waals surface area contributed by atoms with E-state index in [-0.39, 0.29) is 17.9 Å². The molecule has 0 unspecified atom stereocenters. The first kappa shape index (κ1) is 14.8. The van der Waals surface area contributed by atoms with Crippen LogP contribution in [0.2, 0.25) is 0 Å². The molecule has 2 N–H and O–H groups in total. The lowest BCUT2D eigenvalue weighted by molar-refractivity contribution is -0.121. The van der Waals surface area contributed by atoms with E-state index < -0.39 is 5.97 Å². The molecule has 0 saturated heterocycles. The highest BCUT2D eigenvalue weighted by molar-refractivity contribution is 5.86. The standard InChI is InChI=1S/C15H17N3O3/c19-14(16-8-6-12-4-2-1-3-5-12)7-9-18-11-13(10-17-18)15(20)21/h1-5,10-11H,6-9H2,(H,16,19)(H,20,21). The highest BCUT2D eigenvalue weighted by Gasteiger charge is 2.07. The van der Waals surface area contributed by atoms with E-state index in [4.69, 9.17) is 5.11 Å². The molecule has 6 heteroatoms. The number of aromatic nitrogens is 2. The van der Waals surface area contributed by atoms with Crippen LogP contribution in [-0.2, 0) is 17.8 Å². The van der Waals surface area contributed by atoms with E-state index in [2.05, 4.69) is 10.4 Å². The number of aryl methyl sites for hydroxylation is 1. The highest BCUT2D eigenvalue weighted by atomic mass is 16.4. The van der Waals surface area contributed by atoms with Crippen LogP contribution < -0.4 is 5.32 Å². The van der Waals surface area contributed by atoms with Gasteiger partial charge in [-0.25, -0.2) is 4.79 Å². The molecule has 0 aliphatic heterocycles. The van der Waals surface area contributed by atoms with Crippen molar-refractivity contribution in [2.24, 2.45) is 0 Å². The summed E-state index contributed by atoms with van der Waals surface area (Å²) in [6, 6.07) is 9.92. The van der Waals surface area contributed by atoms with E-state index in [1.54, 1.807) is 0 Å². The van der Waals surface area contributed by atoms with Crippen LogP contribution in [-0.4, -0.2) is 33.3 Å². The van der Waals surface area contributed by atoms with E-state index in [1.165, 1.54) is 22.6 Å². The zero-order valence-corrected chi connectivity index (χ0v) is 11.5. The zero-order chi connectivity index (χ0) is 15.1. The summed E-state index contributed by atoms with van der Waals surface area (Å²) in [5.41, 5.74) is 1.30. The summed E-state index contributed by atoms with van der Waals surface area (Å²) in [5.74, 6) is -1.09. The minimum Gasteiger partial charge on any atom is -0.478 e. The molecule has 6 nitrogen and oxygen atoms in total.